The average molecular weight is 257 g/mol. The highest BCUT2D eigenvalue weighted by Crippen LogP contribution is 2.21. The van der Waals surface area contributed by atoms with Crippen molar-refractivity contribution >= 4 is 5.97 Å². The van der Waals surface area contributed by atoms with Crippen LogP contribution in [-0.2, 0) is 9.53 Å². The Kier molecular flexibility index (Phi) is 4.40. The van der Waals surface area contributed by atoms with E-state index in [1.54, 1.807) is 20.8 Å². The van der Waals surface area contributed by atoms with E-state index in [0.717, 1.165) is 6.07 Å². The van der Waals surface area contributed by atoms with Crippen LogP contribution in [0.2, 0.25) is 0 Å². The van der Waals surface area contributed by atoms with Crippen LogP contribution in [0.15, 0.2) is 18.2 Å². The summed E-state index contributed by atoms with van der Waals surface area (Å²) in [5, 5.41) is 2.91. The smallest absolute Gasteiger partial charge is 0.325 e. The van der Waals surface area contributed by atoms with Gasteiger partial charge in [0.1, 0.15) is 5.54 Å². The summed E-state index contributed by atoms with van der Waals surface area (Å²) in [6.07, 6.45) is 0. The largest absolute Gasteiger partial charge is 0.468 e. The van der Waals surface area contributed by atoms with Gasteiger partial charge in [-0.05, 0) is 26.8 Å². The van der Waals surface area contributed by atoms with Crippen molar-refractivity contribution in [3.8, 4) is 0 Å². The predicted molar refractivity (Wildman–Crippen MR) is 64.0 cm³/mol. The summed E-state index contributed by atoms with van der Waals surface area (Å²) in [6, 6.07) is 3.44. The lowest BCUT2D eigenvalue weighted by Gasteiger charge is -2.28. The minimum atomic E-state index is -0.979. The first-order valence-corrected chi connectivity index (χ1v) is 5.59. The lowest BCUT2D eigenvalue weighted by molar-refractivity contribution is -0.147. The van der Waals surface area contributed by atoms with Gasteiger partial charge in [0.15, 0.2) is 11.6 Å². The molecule has 1 rings (SSSR count). The van der Waals surface area contributed by atoms with Gasteiger partial charge in [0.25, 0.3) is 0 Å². The summed E-state index contributed by atoms with van der Waals surface area (Å²) in [4.78, 5) is 11.5. The molecule has 1 N–H and O–H groups in total. The molecule has 1 aromatic rings. The Labute approximate surface area is 105 Å². The predicted octanol–water partition coefficient (Wildman–Crippen LogP) is 2.57. The van der Waals surface area contributed by atoms with Gasteiger partial charge in [-0.15, -0.1) is 0 Å². The molecule has 0 aliphatic heterocycles. The van der Waals surface area contributed by atoms with E-state index < -0.39 is 29.2 Å². The van der Waals surface area contributed by atoms with E-state index in [2.05, 4.69) is 10.1 Å². The molecule has 0 heterocycles. The Morgan fingerprint density at radius 2 is 2.00 bits per heavy atom. The Morgan fingerprint density at radius 1 is 1.39 bits per heavy atom. The average Bonchev–Trinajstić information content (AvgIpc) is 2.30. The minimum Gasteiger partial charge on any atom is -0.468 e. The summed E-state index contributed by atoms with van der Waals surface area (Å²) in [6.45, 7) is 4.89. The van der Waals surface area contributed by atoms with E-state index in [-0.39, 0.29) is 5.56 Å². The molecule has 0 spiro atoms. The van der Waals surface area contributed by atoms with Crippen LogP contribution in [0, 0.1) is 11.6 Å². The van der Waals surface area contributed by atoms with Gasteiger partial charge in [0.05, 0.1) is 7.11 Å². The number of ether oxygens (including phenoxy) is 1. The number of rotatable bonds is 4. The molecule has 0 aromatic heterocycles. The van der Waals surface area contributed by atoms with Crippen molar-refractivity contribution in [1.29, 1.82) is 0 Å². The summed E-state index contributed by atoms with van der Waals surface area (Å²) in [5.74, 6) is -2.28. The van der Waals surface area contributed by atoms with Gasteiger partial charge in [0.2, 0.25) is 0 Å². The molecule has 5 heteroatoms. The molecule has 0 saturated heterocycles. The third-order valence-electron chi connectivity index (χ3n) is 2.72. The first-order valence-electron chi connectivity index (χ1n) is 5.59. The van der Waals surface area contributed by atoms with Crippen molar-refractivity contribution in [2.75, 3.05) is 7.11 Å². The van der Waals surface area contributed by atoms with Crippen LogP contribution in [0.3, 0.4) is 0 Å². The fourth-order valence-electron chi connectivity index (χ4n) is 1.79. The van der Waals surface area contributed by atoms with Crippen molar-refractivity contribution in [3.05, 3.63) is 35.4 Å². The normalized spacial score (nSPS) is 13.2. The Hall–Kier alpha value is -1.49. The van der Waals surface area contributed by atoms with Gasteiger partial charge in [-0.1, -0.05) is 12.1 Å². The number of halogens is 2. The van der Waals surface area contributed by atoms with Crippen LogP contribution in [0.1, 0.15) is 32.4 Å². The lowest BCUT2D eigenvalue weighted by atomic mass is 10.0. The van der Waals surface area contributed by atoms with Gasteiger partial charge >= 0.3 is 5.97 Å². The van der Waals surface area contributed by atoms with E-state index >= 15 is 0 Å². The van der Waals surface area contributed by atoms with Crippen molar-refractivity contribution in [2.45, 2.75) is 32.4 Å². The fraction of sp³-hybridized carbons (Fsp3) is 0.462. The summed E-state index contributed by atoms with van der Waals surface area (Å²) < 4.78 is 31.3. The quantitative estimate of drug-likeness (QED) is 0.842. The Bertz CT molecular complexity index is 447. The summed E-state index contributed by atoms with van der Waals surface area (Å²) >= 11 is 0. The maximum Gasteiger partial charge on any atom is 0.325 e. The van der Waals surface area contributed by atoms with Crippen molar-refractivity contribution in [2.24, 2.45) is 0 Å². The van der Waals surface area contributed by atoms with Gasteiger partial charge in [-0.2, -0.15) is 0 Å². The number of esters is 1. The third kappa shape index (κ3) is 3.04. The summed E-state index contributed by atoms with van der Waals surface area (Å²) in [7, 11) is 1.28. The highest BCUT2D eigenvalue weighted by Gasteiger charge is 2.31. The number of carbonyl (C=O) groups excluding carboxylic acids is 1. The number of carbonyl (C=O) groups is 1. The molecule has 18 heavy (non-hydrogen) atoms. The molecule has 0 aliphatic carbocycles. The molecule has 0 amide bonds. The molecular weight excluding hydrogens is 240 g/mol. The second-order valence-corrected chi connectivity index (χ2v) is 4.63. The molecule has 0 radical (unpaired) electrons. The first-order chi connectivity index (χ1) is 8.29. The molecular formula is C13H17F2NO2. The van der Waals surface area contributed by atoms with Crippen molar-refractivity contribution in [3.63, 3.8) is 0 Å². The van der Waals surface area contributed by atoms with Crippen molar-refractivity contribution < 1.29 is 18.3 Å². The van der Waals surface area contributed by atoms with Crippen molar-refractivity contribution in [1.82, 2.24) is 5.32 Å². The maximum atomic E-state index is 13.6. The zero-order chi connectivity index (χ0) is 13.9. The second-order valence-electron chi connectivity index (χ2n) is 4.63. The molecule has 1 atom stereocenters. The number of methoxy groups -OCH3 is 1. The minimum absolute atomic E-state index is 0.173. The maximum absolute atomic E-state index is 13.6. The molecule has 0 bridgehead atoms. The third-order valence-corrected chi connectivity index (χ3v) is 2.72. The topological polar surface area (TPSA) is 38.3 Å². The summed E-state index contributed by atoms with van der Waals surface area (Å²) in [5.41, 5.74) is -0.806. The molecule has 0 saturated carbocycles. The zero-order valence-corrected chi connectivity index (χ0v) is 10.9. The monoisotopic (exact) mass is 257 g/mol. The molecule has 3 nitrogen and oxygen atoms in total. The molecule has 0 aliphatic rings. The lowest BCUT2D eigenvalue weighted by Crippen LogP contribution is -2.48. The highest BCUT2D eigenvalue weighted by molar-refractivity contribution is 5.79. The van der Waals surface area contributed by atoms with E-state index in [1.165, 1.54) is 19.2 Å². The SMILES string of the molecule is COC(=O)C(C)(C)NC(C)c1cccc(F)c1F. The van der Waals surface area contributed by atoms with Gasteiger partial charge in [0, 0.05) is 11.6 Å². The van der Waals surface area contributed by atoms with Crippen LogP contribution in [0.5, 0.6) is 0 Å². The molecule has 1 aromatic carbocycles. The number of hydrogen-bond donors (Lipinski definition) is 1. The van der Waals surface area contributed by atoms with Crippen LogP contribution >= 0.6 is 0 Å². The number of benzene rings is 1. The van der Waals surface area contributed by atoms with Crippen LogP contribution in [-0.4, -0.2) is 18.6 Å². The van der Waals surface area contributed by atoms with Gasteiger partial charge in [-0.25, -0.2) is 8.78 Å². The zero-order valence-electron chi connectivity index (χ0n) is 10.9. The first kappa shape index (κ1) is 14.6. The molecule has 1 unspecified atom stereocenters. The van der Waals surface area contributed by atoms with Gasteiger partial charge in [-0.3, -0.25) is 10.1 Å². The van der Waals surface area contributed by atoms with Gasteiger partial charge < -0.3 is 4.74 Å². The fourth-order valence-corrected chi connectivity index (χ4v) is 1.79. The van der Waals surface area contributed by atoms with Crippen LogP contribution < -0.4 is 5.32 Å². The van der Waals surface area contributed by atoms with E-state index in [4.69, 9.17) is 0 Å². The number of nitrogens with one attached hydrogen (secondary N) is 1. The molecule has 0 fully saturated rings. The van der Waals surface area contributed by atoms with E-state index in [1.807, 2.05) is 0 Å². The van der Waals surface area contributed by atoms with Crippen LogP contribution in [0.4, 0.5) is 8.78 Å². The van der Waals surface area contributed by atoms with E-state index in [9.17, 15) is 13.6 Å². The molecule has 100 valence electrons. The highest BCUT2D eigenvalue weighted by atomic mass is 19.2. The number of hydrogen-bond acceptors (Lipinski definition) is 3. The Morgan fingerprint density at radius 3 is 2.56 bits per heavy atom. The van der Waals surface area contributed by atoms with Crippen LogP contribution in [0.25, 0.3) is 0 Å². The second kappa shape index (κ2) is 5.44. The standard InChI is InChI=1S/C13H17F2NO2/c1-8(16-13(2,3)12(17)18-4)9-6-5-7-10(14)11(9)15/h5-8,16H,1-4H3. The van der Waals surface area contributed by atoms with E-state index in [0.29, 0.717) is 0 Å². The Balaban J connectivity index is 2.92.